The highest BCUT2D eigenvalue weighted by molar-refractivity contribution is 5.91. The molecule has 0 amide bonds. The van der Waals surface area contributed by atoms with E-state index in [9.17, 15) is 4.79 Å². The lowest BCUT2D eigenvalue weighted by Crippen LogP contribution is -1.97. The molecule has 1 heterocycles. The predicted octanol–water partition coefficient (Wildman–Crippen LogP) is 2.44. The molecule has 0 radical (unpaired) electrons. The van der Waals surface area contributed by atoms with Gasteiger partial charge in [-0.05, 0) is 23.6 Å². The molecule has 0 fully saturated rings. The van der Waals surface area contributed by atoms with Crippen LogP contribution in [0, 0.1) is 0 Å². The van der Waals surface area contributed by atoms with E-state index in [1.807, 2.05) is 12.1 Å². The molecule has 0 atom stereocenters. The second kappa shape index (κ2) is 5.96. The topological polar surface area (TPSA) is 39.2 Å². The normalized spacial score (nSPS) is 11.2. The summed E-state index contributed by atoms with van der Waals surface area (Å²) >= 11 is 0. The maximum absolute atomic E-state index is 11.2. The molecule has 0 aromatic carbocycles. The second-order valence-electron chi connectivity index (χ2n) is 3.18. The molecule has 3 heteroatoms. The average Bonchev–Trinajstić information content (AvgIpc) is 2.29. The molecule has 0 aliphatic carbocycles. The van der Waals surface area contributed by atoms with Gasteiger partial charge >= 0.3 is 5.97 Å². The van der Waals surface area contributed by atoms with Crippen molar-refractivity contribution in [2.24, 2.45) is 0 Å². The van der Waals surface area contributed by atoms with E-state index in [1.165, 1.54) is 13.2 Å². The van der Waals surface area contributed by atoms with E-state index in [2.05, 4.69) is 16.6 Å². The molecule has 0 bridgehead atoms. The Balaban J connectivity index is 2.93. The van der Waals surface area contributed by atoms with Crippen LogP contribution in [0.1, 0.15) is 25.3 Å². The van der Waals surface area contributed by atoms with E-state index in [-0.39, 0.29) is 5.97 Å². The average molecular weight is 205 g/mol. The summed E-state index contributed by atoms with van der Waals surface area (Å²) in [5, 5.41) is 0. The minimum absolute atomic E-state index is 0.317. The number of aromatic nitrogens is 1. The molecule has 15 heavy (non-hydrogen) atoms. The third-order valence-corrected chi connectivity index (χ3v) is 2.04. The molecule has 0 N–H and O–H groups in total. The molecule has 0 aliphatic heterocycles. The minimum atomic E-state index is -0.317. The summed E-state index contributed by atoms with van der Waals surface area (Å²) in [6.07, 6.45) is 6.83. The van der Waals surface area contributed by atoms with Gasteiger partial charge in [-0.25, -0.2) is 4.79 Å². The van der Waals surface area contributed by atoms with Crippen molar-refractivity contribution in [2.75, 3.05) is 7.11 Å². The van der Waals surface area contributed by atoms with Crippen LogP contribution in [0.15, 0.2) is 30.6 Å². The maximum Gasteiger partial charge on any atom is 0.330 e. The van der Waals surface area contributed by atoms with Gasteiger partial charge in [0.1, 0.15) is 0 Å². The molecule has 3 nitrogen and oxygen atoms in total. The van der Waals surface area contributed by atoms with E-state index in [1.54, 1.807) is 12.4 Å². The Hall–Kier alpha value is -1.64. The van der Waals surface area contributed by atoms with Gasteiger partial charge in [-0.15, -0.1) is 0 Å². The molecular formula is C12H15NO2. The lowest BCUT2D eigenvalue weighted by molar-refractivity contribution is -0.134. The number of carbonyl (C=O) groups excluding carboxylic acids is 1. The molecule has 0 aliphatic rings. The first-order valence-corrected chi connectivity index (χ1v) is 4.96. The summed E-state index contributed by atoms with van der Waals surface area (Å²) in [6.45, 7) is 2.07. The first-order chi connectivity index (χ1) is 7.27. The Morgan fingerprint density at radius 1 is 1.60 bits per heavy atom. The van der Waals surface area contributed by atoms with Gasteiger partial charge in [-0.1, -0.05) is 19.4 Å². The van der Waals surface area contributed by atoms with Gasteiger partial charge in [0.2, 0.25) is 0 Å². The first-order valence-electron chi connectivity index (χ1n) is 4.96. The Bertz CT molecular complexity index is 344. The molecule has 0 spiro atoms. The number of ether oxygens (including phenoxy) is 1. The Morgan fingerprint density at radius 3 is 2.93 bits per heavy atom. The van der Waals surface area contributed by atoms with Crippen molar-refractivity contribution in [1.29, 1.82) is 0 Å². The molecule has 1 aromatic rings. The Kier molecular flexibility index (Phi) is 4.54. The molecule has 1 aromatic heterocycles. The quantitative estimate of drug-likeness (QED) is 0.559. The van der Waals surface area contributed by atoms with Crippen molar-refractivity contribution in [3.05, 3.63) is 36.2 Å². The van der Waals surface area contributed by atoms with Gasteiger partial charge < -0.3 is 4.74 Å². The van der Waals surface area contributed by atoms with Gasteiger partial charge in [0, 0.05) is 18.5 Å². The molecule has 0 saturated heterocycles. The predicted molar refractivity (Wildman–Crippen MR) is 59.1 cm³/mol. The van der Waals surface area contributed by atoms with Gasteiger partial charge in [0.15, 0.2) is 0 Å². The summed E-state index contributed by atoms with van der Waals surface area (Å²) in [4.78, 5) is 15.2. The molecular weight excluding hydrogens is 190 g/mol. The highest BCUT2D eigenvalue weighted by Crippen LogP contribution is 2.18. The zero-order chi connectivity index (χ0) is 11.1. The number of rotatable bonds is 4. The zero-order valence-electron chi connectivity index (χ0n) is 9.06. The van der Waals surface area contributed by atoms with Crippen molar-refractivity contribution in [1.82, 2.24) is 4.98 Å². The van der Waals surface area contributed by atoms with Crippen LogP contribution in [-0.2, 0) is 9.53 Å². The Morgan fingerprint density at radius 2 is 2.40 bits per heavy atom. The minimum Gasteiger partial charge on any atom is -0.466 e. The maximum atomic E-state index is 11.2. The zero-order valence-corrected chi connectivity index (χ0v) is 9.06. The smallest absolute Gasteiger partial charge is 0.330 e. The van der Waals surface area contributed by atoms with Crippen LogP contribution in [0.25, 0.3) is 5.57 Å². The van der Waals surface area contributed by atoms with Crippen molar-refractivity contribution in [2.45, 2.75) is 19.8 Å². The van der Waals surface area contributed by atoms with E-state index in [0.717, 1.165) is 24.0 Å². The standard InChI is InChI=1S/C12H15NO2/c1-3-5-10(8-12(14)15-2)11-6-4-7-13-9-11/h4,6-9H,3,5H2,1-2H3/b10-8+. The lowest BCUT2D eigenvalue weighted by Gasteiger charge is -2.04. The molecule has 0 unspecified atom stereocenters. The first kappa shape index (κ1) is 11.4. The van der Waals surface area contributed by atoms with Crippen LogP contribution in [0.3, 0.4) is 0 Å². The van der Waals surface area contributed by atoms with Crippen molar-refractivity contribution >= 4 is 11.5 Å². The van der Waals surface area contributed by atoms with E-state index in [4.69, 9.17) is 0 Å². The monoisotopic (exact) mass is 205 g/mol. The van der Waals surface area contributed by atoms with Crippen LogP contribution >= 0.6 is 0 Å². The van der Waals surface area contributed by atoms with E-state index in [0.29, 0.717) is 0 Å². The van der Waals surface area contributed by atoms with Crippen LogP contribution in [0.5, 0.6) is 0 Å². The number of esters is 1. The molecule has 1 rings (SSSR count). The van der Waals surface area contributed by atoms with E-state index < -0.39 is 0 Å². The van der Waals surface area contributed by atoms with Crippen molar-refractivity contribution in [3.8, 4) is 0 Å². The van der Waals surface area contributed by atoms with Crippen molar-refractivity contribution in [3.63, 3.8) is 0 Å². The molecule has 0 saturated carbocycles. The van der Waals surface area contributed by atoms with Gasteiger partial charge in [-0.2, -0.15) is 0 Å². The highest BCUT2D eigenvalue weighted by atomic mass is 16.5. The summed E-state index contributed by atoms with van der Waals surface area (Å²) in [6, 6.07) is 3.80. The Labute approximate surface area is 89.8 Å². The van der Waals surface area contributed by atoms with Crippen LogP contribution in [-0.4, -0.2) is 18.1 Å². The third kappa shape index (κ3) is 3.54. The van der Waals surface area contributed by atoms with Crippen LogP contribution in [0.2, 0.25) is 0 Å². The number of hydrogen-bond donors (Lipinski definition) is 0. The fourth-order valence-electron chi connectivity index (χ4n) is 1.32. The SMILES string of the molecule is CCC/C(=C\C(=O)OC)c1cccnc1. The summed E-state index contributed by atoms with van der Waals surface area (Å²) in [5.74, 6) is -0.317. The summed E-state index contributed by atoms with van der Waals surface area (Å²) in [5.41, 5.74) is 1.95. The number of carbonyl (C=O) groups is 1. The summed E-state index contributed by atoms with van der Waals surface area (Å²) < 4.78 is 4.61. The third-order valence-electron chi connectivity index (χ3n) is 2.04. The number of allylic oxidation sites excluding steroid dienone is 1. The fourth-order valence-corrected chi connectivity index (χ4v) is 1.32. The number of methoxy groups -OCH3 is 1. The number of pyridine rings is 1. The van der Waals surface area contributed by atoms with Gasteiger partial charge in [0.05, 0.1) is 7.11 Å². The molecule has 80 valence electrons. The fraction of sp³-hybridized carbons (Fsp3) is 0.333. The number of nitrogens with zero attached hydrogens (tertiary/aromatic N) is 1. The van der Waals surface area contributed by atoms with E-state index >= 15 is 0 Å². The second-order valence-corrected chi connectivity index (χ2v) is 3.18. The van der Waals surface area contributed by atoms with Gasteiger partial charge in [0.25, 0.3) is 0 Å². The number of hydrogen-bond acceptors (Lipinski definition) is 3. The highest BCUT2D eigenvalue weighted by Gasteiger charge is 2.03. The van der Waals surface area contributed by atoms with Gasteiger partial charge in [-0.3, -0.25) is 4.98 Å². The van der Waals surface area contributed by atoms with Crippen molar-refractivity contribution < 1.29 is 9.53 Å². The van der Waals surface area contributed by atoms with Crippen LogP contribution in [0.4, 0.5) is 0 Å². The lowest BCUT2D eigenvalue weighted by atomic mass is 10.0. The summed E-state index contributed by atoms with van der Waals surface area (Å²) in [7, 11) is 1.38. The largest absolute Gasteiger partial charge is 0.466 e. The van der Waals surface area contributed by atoms with Crippen LogP contribution < -0.4 is 0 Å².